The predicted molar refractivity (Wildman–Crippen MR) is 84.8 cm³/mol. The summed E-state index contributed by atoms with van der Waals surface area (Å²) in [6, 6.07) is 5.58. The summed E-state index contributed by atoms with van der Waals surface area (Å²) in [5.74, 6) is 1.20. The molecule has 1 aromatic carbocycles. The van der Waals surface area contributed by atoms with E-state index in [1.807, 2.05) is 38.2 Å². The van der Waals surface area contributed by atoms with Crippen molar-refractivity contribution in [1.29, 1.82) is 0 Å². The summed E-state index contributed by atoms with van der Waals surface area (Å²) in [4.78, 5) is 19.4. The van der Waals surface area contributed by atoms with Crippen LogP contribution in [0.25, 0.3) is 10.9 Å². The van der Waals surface area contributed by atoms with Gasteiger partial charge in [-0.3, -0.25) is 4.79 Å². The van der Waals surface area contributed by atoms with Gasteiger partial charge in [-0.25, -0.2) is 4.98 Å². The van der Waals surface area contributed by atoms with Crippen molar-refractivity contribution in [3.05, 3.63) is 52.3 Å². The molecule has 0 aliphatic heterocycles. The van der Waals surface area contributed by atoms with Crippen LogP contribution in [0.15, 0.2) is 28.8 Å². The van der Waals surface area contributed by atoms with Crippen molar-refractivity contribution < 1.29 is 9.21 Å². The first-order valence-corrected chi connectivity index (χ1v) is 7.36. The molecule has 2 N–H and O–H groups in total. The molecule has 3 aromatic rings. The lowest BCUT2D eigenvalue weighted by Gasteiger charge is -2.02. The number of fused-ring (bicyclic) bond motifs is 1. The molecular formula is C16H16ClN3O2. The standard InChI is InChI=1S/C16H16ClN3O2/c1-9-10(2)22-16(20-9)8-19-15(21)5-11-7-18-14-4-3-12(17)6-13(11)14/h3-4,6-7,18H,5,8H2,1-2H3,(H,19,21). The maximum Gasteiger partial charge on any atom is 0.224 e. The summed E-state index contributed by atoms with van der Waals surface area (Å²) < 4.78 is 5.44. The van der Waals surface area contributed by atoms with Crippen molar-refractivity contribution in [2.24, 2.45) is 0 Å². The highest BCUT2D eigenvalue weighted by Crippen LogP contribution is 2.22. The van der Waals surface area contributed by atoms with E-state index in [9.17, 15) is 4.79 Å². The smallest absolute Gasteiger partial charge is 0.224 e. The number of oxazole rings is 1. The molecule has 5 nitrogen and oxygen atoms in total. The zero-order valence-electron chi connectivity index (χ0n) is 12.4. The van der Waals surface area contributed by atoms with Gasteiger partial charge in [-0.05, 0) is 37.6 Å². The first-order chi connectivity index (χ1) is 10.5. The Morgan fingerprint density at radius 3 is 2.95 bits per heavy atom. The number of aromatic nitrogens is 2. The number of H-pyrrole nitrogens is 1. The molecule has 22 heavy (non-hydrogen) atoms. The molecule has 0 bridgehead atoms. The fourth-order valence-electron chi connectivity index (χ4n) is 2.32. The van der Waals surface area contributed by atoms with Crippen LogP contribution in [0.4, 0.5) is 0 Å². The lowest BCUT2D eigenvalue weighted by atomic mass is 10.1. The number of aromatic amines is 1. The number of hydrogen-bond donors (Lipinski definition) is 2. The molecule has 0 unspecified atom stereocenters. The molecule has 0 saturated heterocycles. The molecular weight excluding hydrogens is 302 g/mol. The number of aryl methyl sites for hydroxylation is 2. The summed E-state index contributed by atoms with van der Waals surface area (Å²) in [7, 11) is 0. The summed E-state index contributed by atoms with van der Waals surface area (Å²) >= 11 is 6.01. The molecule has 0 aliphatic carbocycles. The Bertz CT molecular complexity index is 816. The Morgan fingerprint density at radius 1 is 1.41 bits per heavy atom. The van der Waals surface area contributed by atoms with Crippen LogP contribution in [-0.2, 0) is 17.8 Å². The minimum Gasteiger partial charge on any atom is -0.444 e. The van der Waals surface area contributed by atoms with Gasteiger partial charge in [-0.1, -0.05) is 11.6 Å². The van der Waals surface area contributed by atoms with Crippen molar-refractivity contribution in [1.82, 2.24) is 15.3 Å². The molecule has 1 amide bonds. The Morgan fingerprint density at radius 2 is 2.23 bits per heavy atom. The average molecular weight is 318 g/mol. The second-order valence-electron chi connectivity index (χ2n) is 5.21. The molecule has 0 atom stereocenters. The minimum absolute atomic E-state index is 0.0885. The highest BCUT2D eigenvalue weighted by atomic mass is 35.5. The number of halogens is 1. The number of carbonyl (C=O) groups excluding carboxylic acids is 1. The molecule has 0 saturated carbocycles. The summed E-state index contributed by atoms with van der Waals surface area (Å²) in [6.45, 7) is 4.01. The number of nitrogens with zero attached hydrogens (tertiary/aromatic N) is 1. The molecule has 0 aliphatic rings. The van der Waals surface area contributed by atoms with Gasteiger partial charge in [-0.2, -0.15) is 0 Å². The highest BCUT2D eigenvalue weighted by Gasteiger charge is 2.11. The third-order valence-electron chi connectivity index (χ3n) is 3.59. The minimum atomic E-state index is -0.0885. The maximum atomic E-state index is 12.1. The third kappa shape index (κ3) is 2.99. The van der Waals surface area contributed by atoms with Crippen LogP contribution in [0.3, 0.4) is 0 Å². The Kier molecular flexibility index (Phi) is 3.90. The topological polar surface area (TPSA) is 70.9 Å². The number of carbonyl (C=O) groups is 1. The van der Waals surface area contributed by atoms with Crippen LogP contribution in [0.2, 0.25) is 5.02 Å². The largest absolute Gasteiger partial charge is 0.444 e. The average Bonchev–Trinajstić information content (AvgIpc) is 3.01. The number of hydrogen-bond acceptors (Lipinski definition) is 3. The Labute approximate surface area is 132 Å². The van der Waals surface area contributed by atoms with Crippen molar-refractivity contribution in [2.75, 3.05) is 0 Å². The van der Waals surface area contributed by atoms with Gasteiger partial charge in [0.25, 0.3) is 0 Å². The molecule has 0 fully saturated rings. The monoisotopic (exact) mass is 317 g/mol. The van der Waals surface area contributed by atoms with Gasteiger partial charge in [0.05, 0.1) is 18.7 Å². The van der Waals surface area contributed by atoms with E-state index < -0.39 is 0 Å². The third-order valence-corrected chi connectivity index (χ3v) is 3.83. The Balaban J connectivity index is 1.66. The lowest BCUT2D eigenvalue weighted by Crippen LogP contribution is -2.24. The fraction of sp³-hybridized carbons (Fsp3) is 0.250. The van der Waals surface area contributed by atoms with Crippen LogP contribution < -0.4 is 5.32 Å². The second kappa shape index (κ2) is 5.85. The normalized spacial score (nSPS) is 11.0. The van der Waals surface area contributed by atoms with E-state index in [1.165, 1.54) is 0 Å². The first kappa shape index (κ1) is 14.7. The van der Waals surface area contributed by atoms with Crippen LogP contribution in [-0.4, -0.2) is 15.9 Å². The zero-order chi connectivity index (χ0) is 15.7. The van der Waals surface area contributed by atoms with Gasteiger partial charge >= 0.3 is 0 Å². The van der Waals surface area contributed by atoms with Gasteiger partial charge < -0.3 is 14.7 Å². The van der Waals surface area contributed by atoms with E-state index in [-0.39, 0.29) is 18.9 Å². The van der Waals surface area contributed by atoms with Crippen LogP contribution in [0, 0.1) is 13.8 Å². The number of amides is 1. The molecule has 2 aromatic heterocycles. The van der Waals surface area contributed by atoms with E-state index in [1.54, 1.807) is 0 Å². The van der Waals surface area contributed by atoms with Gasteiger partial charge in [0.1, 0.15) is 5.76 Å². The Hall–Kier alpha value is -2.27. The zero-order valence-corrected chi connectivity index (χ0v) is 13.1. The van der Waals surface area contributed by atoms with Crippen molar-refractivity contribution in [2.45, 2.75) is 26.8 Å². The molecule has 6 heteroatoms. The second-order valence-corrected chi connectivity index (χ2v) is 5.64. The maximum absolute atomic E-state index is 12.1. The number of benzene rings is 1. The van der Waals surface area contributed by atoms with Gasteiger partial charge in [0.15, 0.2) is 0 Å². The number of rotatable bonds is 4. The molecule has 3 rings (SSSR count). The van der Waals surface area contributed by atoms with Crippen molar-refractivity contribution in [3.8, 4) is 0 Å². The summed E-state index contributed by atoms with van der Waals surface area (Å²) in [6.07, 6.45) is 2.11. The van der Waals surface area contributed by atoms with Gasteiger partial charge in [0, 0.05) is 22.1 Å². The quantitative estimate of drug-likeness (QED) is 0.775. The van der Waals surface area contributed by atoms with E-state index in [0.717, 1.165) is 27.9 Å². The first-order valence-electron chi connectivity index (χ1n) is 6.98. The molecule has 114 valence electrons. The highest BCUT2D eigenvalue weighted by molar-refractivity contribution is 6.31. The van der Waals surface area contributed by atoms with Gasteiger partial charge in [-0.15, -0.1) is 0 Å². The number of nitrogens with one attached hydrogen (secondary N) is 2. The van der Waals surface area contributed by atoms with E-state index >= 15 is 0 Å². The molecule has 2 heterocycles. The van der Waals surface area contributed by atoms with Gasteiger partial charge in [0.2, 0.25) is 11.8 Å². The summed E-state index contributed by atoms with van der Waals surface area (Å²) in [5.41, 5.74) is 2.72. The molecule has 0 spiro atoms. The van der Waals surface area contributed by atoms with E-state index in [2.05, 4.69) is 15.3 Å². The van der Waals surface area contributed by atoms with Crippen LogP contribution in [0.5, 0.6) is 0 Å². The van der Waals surface area contributed by atoms with Crippen LogP contribution in [0.1, 0.15) is 22.9 Å². The fourth-order valence-corrected chi connectivity index (χ4v) is 2.49. The SMILES string of the molecule is Cc1nc(CNC(=O)Cc2c[nH]c3ccc(Cl)cc23)oc1C. The molecule has 0 radical (unpaired) electrons. The summed E-state index contributed by atoms with van der Waals surface area (Å²) in [5, 5.41) is 4.43. The van der Waals surface area contributed by atoms with E-state index in [0.29, 0.717) is 10.9 Å². The van der Waals surface area contributed by atoms with Crippen molar-refractivity contribution >= 4 is 28.4 Å². The van der Waals surface area contributed by atoms with Crippen LogP contribution >= 0.6 is 11.6 Å². The predicted octanol–water partition coefficient (Wildman–Crippen LogP) is 3.29. The lowest BCUT2D eigenvalue weighted by molar-refractivity contribution is -0.120. The van der Waals surface area contributed by atoms with Crippen molar-refractivity contribution in [3.63, 3.8) is 0 Å². The van der Waals surface area contributed by atoms with E-state index in [4.69, 9.17) is 16.0 Å².